The first-order chi connectivity index (χ1) is 10.9. The highest BCUT2D eigenvalue weighted by Crippen LogP contribution is 2.26. The minimum atomic E-state index is 0.0132. The fraction of sp³-hybridized carbons (Fsp3) is 0.312. The third-order valence-corrected chi connectivity index (χ3v) is 4.00. The first-order valence-corrected chi connectivity index (χ1v) is 7.45. The molecule has 0 aliphatic carbocycles. The van der Waals surface area contributed by atoms with E-state index in [9.17, 15) is 0 Å². The quantitative estimate of drug-likeness (QED) is 0.736. The lowest BCUT2D eigenvalue weighted by Crippen LogP contribution is -2.42. The third kappa shape index (κ3) is 2.36. The molecule has 0 bridgehead atoms. The molecule has 4 rings (SSSR count). The molecule has 0 saturated carbocycles. The first kappa shape index (κ1) is 13.4. The van der Waals surface area contributed by atoms with E-state index >= 15 is 0 Å². The lowest BCUT2D eigenvalue weighted by Gasteiger charge is -2.34. The van der Waals surface area contributed by atoms with Crippen molar-refractivity contribution in [3.8, 4) is 0 Å². The van der Waals surface area contributed by atoms with Gasteiger partial charge in [0, 0.05) is 25.5 Å². The maximum absolute atomic E-state index is 5.49. The average molecular weight is 295 g/mol. The zero-order valence-electron chi connectivity index (χ0n) is 12.2. The van der Waals surface area contributed by atoms with Gasteiger partial charge in [-0.3, -0.25) is 9.88 Å². The Hall–Kier alpha value is -2.31. The molecular formula is C16H17N5O. The van der Waals surface area contributed by atoms with E-state index in [4.69, 9.17) is 4.74 Å². The van der Waals surface area contributed by atoms with E-state index in [-0.39, 0.29) is 6.17 Å². The van der Waals surface area contributed by atoms with E-state index in [1.54, 1.807) is 0 Å². The van der Waals surface area contributed by atoms with Crippen LogP contribution in [0.4, 0.5) is 0 Å². The Morgan fingerprint density at radius 2 is 1.77 bits per heavy atom. The fourth-order valence-corrected chi connectivity index (χ4v) is 2.93. The summed E-state index contributed by atoms with van der Waals surface area (Å²) in [5.41, 5.74) is 3.11. The number of nitrogens with zero attached hydrogens (tertiary/aromatic N) is 5. The molecular weight excluding hydrogens is 278 g/mol. The van der Waals surface area contributed by atoms with E-state index in [0.717, 1.165) is 42.9 Å². The third-order valence-electron chi connectivity index (χ3n) is 4.00. The molecule has 0 spiro atoms. The van der Waals surface area contributed by atoms with E-state index in [2.05, 4.69) is 26.3 Å². The maximum Gasteiger partial charge on any atom is 0.132 e. The Morgan fingerprint density at radius 3 is 2.59 bits per heavy atom. The van der Waals surface area contributed by atoms with Gasteiger partial charge in [-0.25, -0.2) is 4.68 Å². The number of para-hydroxylation sites is 1. The molecule has 1 fully saturated rings. The summed E-state index contributed by atoms with van der Waals surface area (Å²) in [5.74, 6) is 0. The Balaban J connectivity index is 1.83. The lowest BCUT2D eigenvalue weighted by molar-refractivity contribution is 0.00712. The van der Waals surface area contributed by atoms with Crippen molar-refractivity contribution in [2.45, 2.75) is 6.17 Å². The van der Waals surface area contributed by atoms with Crippen molar-refractivity contribution in [2.75, 3.05) is 26.3 Å². The number of benzene rings is 1. The summed E-state index contributed by atoms with van der Waals surface area (Å²) in [6.45, 7) is 3.24. The van der Waals surface area contributed by atoms with Gasteiger partial charge in [0.05, 0.1) is 18.7 Å². The van der Waals surface area contributed by atoms with Crippen molar-refractivity contribution in [3.63, 3.8) is 0 Å². The summed E-state index contributed by atoms with van der Waals surface area (Å²) in [5, 5.41) is 8.71. The molecule has 1 unspecified atom stereocenters. The highest BCUT2D eigenvalue weighted by molar-refractivity contribution is 5.74. The summed E-state index contributed by atoms with van der Waals surface area (Å²) in [4.78, 5) is 6.50. The van der Waals surface area contributed by atoms with E-state index < -0.39 is 0 Å². The number of pyridine rings is 1. The van der Waals surface area contributed by atoms with Crippen molar-refractivity contribution in [2.24, 2.45) is 0 Å². The number of rotatable bonds is 3. The van der Waals surface area contributed by atoms with Crippen molar-refractivity contribution in [3.05, 3.63) is 54.4 Å². The van der Waals surface area contributed by atoms with Crippen LogP contribution < -0.4 is 0 Å². The van der Waals surface area contributed by atoms with Crippen LogP contribution in [0.1, 0.15) is 11.7 Å². The number of morpholine rings is 1. The molecule has 0 amide bonds. The topological polar surface area (TPSA) is 56.1 Å². The van der Waals surface area contributed by atoms with Crippen LogP contribution in [-0.2, 0) is 4.74 Å². The number of aromatic nitrogens is 4. The zero-order chi connectivity index (χ0) is 14.8. The van der Waals surface area contributed by atoms with Gasteiger partial charge in [0.15, 0.2) is 0 Å². The Morgan fingerprint density at radius 1 is 1.00 bits per heavy atom. The van der Waals surface area contributed by atoms with Crippen molar-refractivity contribution < 1.29 is 4.74 Å². The van der Waals surface area contributed by atoms with Crippen molar-refractivity contribution >= 4 is 11.0 Å². The molecule has 0 N–H and O–H groups in total. The van der Waals surface area contributed by atoms with Crippen LogP contribution in [0, 0.1) is 0 Å². The molecule has 6 heteroatoms. The number of ether oxygens (including phenoxy) is 1. The highest BCUT2D eigenvalue weighted by atomic mass is 16.5. The molecule has 112 valence electrons. The predicted octanol–water partition coefficient (Wildman–Crippen LogP) is 1.71. The molecule has 1 aliphatic rings. The minimum Gasteiger partial charge on any atom is -0.379 e. The van der Waals surface area contributed by atoms with Gasteiger partial charge in [0.1, 0.15) is 11.7 Å². The summed E-state index contributed by atoms with van der Waals surface area (Å²) in [7, 11) is 0. The van der Waals surface area contributed by atoms with Crippen LogP contribution in [-0.4, -0.2) is 51.2 Å². The summed E-state index contributed by atoms with van der Waals surface area (Å²) >= 11 is 0. The van der Waals surface area contributed by atoms with Gasteiger partial charge in [-0.1, -0.05) is 17.3 Å². The standard InChI is InChI=1S/C16H17N5O/c1-2-4-15-14(3-1)18-19-21(15)16(13-5-7-17-8-6-13)20-9-11-22-12-10-20/h1-8,16H,9-12H2. The molecule has 3 heterocycles. The van der Waals surface area contributed by atoms with Crippen LogP contribution >= 0.6 is 0 Å². The summed E-state index contributed by atoms with van der Waals surface area (Å²) in [6, 6.07) is 12.1. The second-order valence-electron chi connectivity index (χ2n) is 5.33. The Bertz CT molecular complexity index is 751. The van der Waals surface area contributed by atoms with E-state index in [1.165, 1.54) is 0 Å². The van der Waals surface area contributed by atoms with Gasteiger partial charge in [0.2, 0.25) is 0 Å². The Kier molecular flexibility index (Phi) is 3.54. The predicted molar refractivity (Wildman–Crippen MR) is 82.3 cm³/mol. The average Bonchev–Trinajstić information content (AvgIpc) is 3.01. The molecule has 1 aliphatic heterocycles. The number of hydrogen-bond donors (Lipinski definition) is 0. The van der Waals surface area contributed by atoms with Crippen LogP contribution in [0.25, 0.3) is 11.0 Å². The van der Waals surface area contributed by atoms with Crippen molar-refractivity contribution in [1.82, 2.24) is 24.9 Å². The zero-order valence-corrected chi connectivity index (χ0v) is 12.2. The molecule has 22 heavy (non-hydrogen) atoms. The van der Waals surface area contributed by atoms with Crippen LogP contribution in [0.3, 0.4) is 0 Å². The van der Waals surface area contributed by atoms with Gasteiger partial charge in [-0.2, -0.15) is 0 Å². The molecule has 2 aromatic heterocycles. The highest BCUT2D eigenvalue weighted by Gasteiger charge is 2.26. The van der Waals surface area contributed by atoms with Gasteiger partial charge in [-0.05, 0) is 29.8 Å². The van der Waals surface area contributed by atoms with Crippen LogP contribution in [0.2, 0.25) is 0 Å². The van der Waals surface area contributed by atoms with Crippen molar-refractivity contribution in [1.29, 1.82) is 0 Å². The largest absolute Gasteiger partial charge is 0.379 e. The maximum atomic E-state index is 5.49. The number of hydrogen-bond acceptors (Lipinski definition) is 5. The second kappa shape index (κ2) is 5.82. The summed E-state index contributed by atoms with van der Waals surface area (Å²) in [6.07, 6.45) is 3.66. The molecule has 3 aromatic rings. The SMILES string of the molecule is c1ccc2c(c1)nnn2C(c1ccncc1)N1CCOCC1. The van der Waals surface area contributed by atoms with Gasteiger partial charge in [0.25, 0.3) is 0 Å². The molecule has 1 aromatic carbocycles. The monoisotopic (exact) mass is 295 g/mol. The normalized spacial score (nSPS) is 17.6. The minimum absolute atomic E-state index is 0.0132. The van der Waals surface area contributed by atoms with Crippen LogP contribution in [0.15, 0.2) is 48.8 Å². The second-order valence-corrected chi connectivity index (χ2v) is 5.33. The summed E-state index contributed by atoms with van der Waals surface area (Å²) < 4.78 is 7.49. The van der Waals surface area contributed by atoms with Gasteiger partial charge in [-0.15, -0.1) is 5.10 Å². The molecule has 1 saturated heterocycles. The first-order valence-electron chi connectivity index (χ1n) is 7.45. The lowest BCUT2D eigenvalue weighted by atomic mass is 10.1. The number of fused-ring (bicyclic) bond motifs is 1. The Labute approximate surface area is 128 Å². The smallest absolute Gasteiger partial charge is 0.132 e. The fourth-order valence-electron chi connectivity index (χ4n) is 2.93. The van der Waals surface area contributed by atoms with Crippen LogP contribution in [0.5, 0.6) is 0 Å². The van der Waals surface area contributed by atoms with Gasteiger partial charge < -0.3 is 4.74 Å². The molecule has 1 atom stereocenters. The molecule has 0 radical (unpaired) electrons. The van der Waals surface area contributed by atoms with Gasteiger partial charge >= 0.3 is 0 Å². The van der Waals surface area contributed by atoms with E-state index in [1.807, 2.05) is 47.4 Å². The molecule has 6 nitrogen and oxygen atoms in total. The van der Waals surface area contributed by atoms with E-state index in [0.29, 0.717) is 0 Å².